The molecular formula is C19H25N5O. The standard InChI is InChI=1S/C19H25N5O/c1-13-6-5-7-16(14(13)2)22-18-12-17(20-15(3)21-18)19(25)24-10-8-23(4)9-11-24/h5-7,12H,8-11H2,1-4H3,(H,20,21,22). The zero-order chi connectivity index (χ0) is 18.0. The molecule has 2 aromatic rings. The molecule has 1 aromatic carbocycles. The molecule has 6 heteroatoms. The molecule has 1 saturated heterocycles. The largest absolute Gasteiger partial charge is 0.340 e. The van der Waals surface area contributed by atoms with Crippen molar-refractivity contribution in [3.8, 4) is 0 Å². The van der Waals surface area contributed by atoms with E-state index in [2.05, 4.69) is 47.1 Å². The van der Waals surface area contributed by atoms with Gasteiger partial charge in [0, 0.05) is 37.9 Å². The van der Waals surface area contributed by atoms with Gasteiger partial charge in [0.15, 0.2) is 0 Å². The van der Waals surface area contributed by atoms with Crippen LogP contribution in [0.4, 0.5) is 11.5 Å². The summed E-state index contributed by atoms with van der Waals surface area (Å²) >= 11 is 0. The van der Waals surface area contributed by atoms with Crippen molar-refractivity contribution in [2.24, 2.45) is 0 Å². The first kappa shape index (κ1) is 17.4. The maximum absolute atomic E-state index is 12.8. The van der Waals surface area contributed by atoms with Crippen LogP contribution in [0.25, 0.3) is 0 Å². The number of nitrogens with one attached hydrogen (secondary N) is 1. The van der Waals surface area contributed by atoms with Crippen LogP contribution in [0, 0.1) is 20.8 Å². The van der Waals surface area contributed by atoms with E-state index in [0.717, 1.165) is 31.9 Å². The second-order valence-electron chi connectivity index (χ2n) is 6.65. The number of aromatic nitrogens is 2. The summed E-state index contributed by atoms with van der Waals surface area (Å²) in [6.45, 7) is 9.22. The Labute approximate surface area is 148 Å². The minimum atomic E-state index is -0.0254. The lowest BCUT2D eigenvalue weighted by molar-refractivity contribution is 0.0658. The molecule has 0 bridgehead atoms. The van der Waals surface area contributed by atoms with Crippen molar-refractivity contribution >= 4 is 17.4 Å². The van der Waals surface area contributed by atoms with Crippen LogP contribution in [0.3, 0.4) is 0 Å². The van der Waals surface area contributed by atoms with Gasteiger partial charge in [-0.15, -0.1) is 0 Å². The third-order valence-corrected chi connectivity index (χ3v) is 4.71. The first-order valence-corrected chi connectivity index (χ1v) is 8.61. The highest BCUT2D eigenvalue weighted by Crippen LogP contribution is 2.22. The molecular weight excluding hydrogens is 314 g/mol. The monoisotopic (exact) mass is 339 g/mol. The molecule has 1 N–H and O–H groups in total. The molecule has 1 amide bonds. The number of rotatable bonds is 3. The van der Waals surface area contributed by atoms with Crippen molar-refractivity contribution in [1.82, 2.24) is 19.8 Å². The van der Waals surface area contributed by atoms with Crippen LogP contribution in [-0.2, 0) is 0 Å². The molecule has 1 aliphatic heterocycles. The van der Waals surface area contributed by atoms with E-state index in [1.54, 1.807) is 6.07 Å². The van der Waals surface area contributed by atoms with Crippen molar-refractivity contribution < 1.29 is 4.79 Å². The highest BCUT2D eigenvalue weighted by molar-refractivity contribution is 5.93. The third kappa shape index (κ3) is 3.96. The Balaban J connectivity index is 1.83. The van der Waals surface area contributed by atoms with E-state index >= 15 is 0 Å². The van der Waals surface area contributed by atoms with Gasteiger partial charge in [-0.05, 0) is 45.0 Å². The average molecular weight is 339 g/mol. The molecule has 0 radical (unpaired) electrons. The fourth-order valence-electron chi connectivity index (χ4n) is 2.94. The summed E-state index contributed by atoms with van der Waals surface area (Å²) in [5.41, 5.74) is 3.83. The van der Waals surface area contributed by atoms with Crippen LogP contribution < -0.4 is 5.32 Å². The number of hydrogen-bond donors (Lipinski definition) is 1. The Morgan fingerprint density at radius 3 is 2.52 bits per heavy atom. The van der Waals surface area contributed by atoms with Gasteiger partial charge in [-0.25, -0.2) is 9.97 Å². The first-order valence-electron chi connectivity index (χ1n) is 8.61. The zero-order valence-corrected chi connectivity index (χ0v) is 15.3. The minimum Gasteiger partial charge on any atom is -0.340 e. The molecule has 2 heterocycles. The number of hydrogen-bond acceptors (Lipinski definition) is 5. The number of likely N-dealkylation sites (N-methyl/N-ethyl adjacent to an activating group) is 1. The van der Waals surface area contributed by atoms with Gasteiger partial charge in [0.1, 0.15) is 17.3 Å². The van der Waals surface area contributed by atoms with E-state index in [-0.39, 0.29) is 5.91 Å². The van der Waals surface area contributed by atoms with Crippen LogP contribution in [0.2, 0.25) is 0 Å². The number of anilines is 2. The van der Waals surface area contributed by atoms with E-state index in [9.17, 15) is 4.79 Å². The van der Waals surface area contributed by atoms with Gasteiger partial charge >= 0.3 is 0 Å². The number of amides is 1. The number of carbonyl (C=O) groups is 1. The third-order valence-electron chi connectivity index (χ3n) is 4.71. The molecule has 1 aromatic heterocycles. The Kier molecular flexibility index (Phi) is 4.99. The predicted molar refractivity (Wildman–Crippen MR) is 99.4 cm³/mol. The lowest BCUT2D eigenvalue weighted by atomic mass is 10.1. The topological polar surface area (TPSA) is 61.4 Å². The zero-order valence-electron chi connectivity index (χ0n) is 15.3. The molecule has 0 spiro atoms. The van der Waals surface area contributed by atoms with E-state index in [0.29, 0.717) is 17.3 Å². The summed E-state index contributed by atoms with van der Waals surface area (Å²) in [5.74, 6) is 1.22. The summed E-state index contributed by atoms with van der Waals surface area (Å²) in [6, 6.07) is 7.85. The Morgan fingerprint density at radius 2 is 1.80 bits per heavy atom. The fourth-order valence-corrected chi connectivity index (χ4v) is 2.94. The Bertz CT molecular complexity index is 781. The highest BCUT2D eigenvalue weighted by atomic mass is 16.2. The van der Waals surface area contributed by atoms with Crippen LogP contribution in [0.5, 0.6) is 0 Å². The van der Waals surface area contributed by atoms with E-state index in [1.807, 2.05) is 24.0 Å². The number of piperazine rings is 1. The molecule has 6 nitrogen and oxygen atoms in total. The van der Waals surface area contributed by atoms with E-state index < -0.39 is 0 Å². The van der Waals surface area contributed by atoms with Gasteiger partial charge in [-0.1, -0.05) is 12.1 Å². The van der Waals surface area contributed by atoms with Gasteiger partial charge in [0.05, 0.1) is 0 Å². The minimum absolute atomic E-state index is 0.0254. The average Bonchev–Trinajstić information content (AvgIpc) is 2.58. The molecule has 0 unspecified atom stereocenters. The van der Waals surface area contributed by atoms with Crippen molar-refractivity contribution in [2.75, 3.05) is 38.5 Å². The Hall–Kier alpha value is -2.47. The predicted octanol–water partition coefficient (Wildman–Crippen LogP) is 2.53. The normalized spacial score (nSPS) is 15.3. The molecule has 3 rings (SSSR count). The molecule has 1 aliphatic rings. The lowest BCUT2D eigenvalue weighted by Gasteiger charge is -2.32. The van der Waals surface area contributed by atoms with E-state index in [4.69, 9.17) is 0 Å². The quantitative estimate of drug-likeness (QED) is 0.931. The first-order chi connectivity index (χ1) is 11.9. The second kappa shape index (κ2) is 7.19. The number of aryl methyl sites for hydroxylation is 2. The van der Waals surface area contributed by atoms with Crippen LogP contribution in [0.1, 0.15) is 27.4 Å². The summed E-state index contributed by atoms with van der Waals surface area (Å²) in [7, 11) is 2.07. The van der Waals surface area contributed by atoms with Crippen molar-refractivity contribution in [1.29, 1.82) is 0 Å². The van der Waals surface area contributed by atoms with Gasteiger partial charge in [-0.3, -0.25) is 4.79 Å². The van der Waals surface area contributed by atoms with E-state index in [1.165, 1.54) is 11.1 Å². The molecule has 0 saturated carbocycles. The number of carbonyl (C=O) groups excluding carboxylic acids is 1. The molecule has 0 aliphatic carbocycles. The molecule has 1 fully saturated rings. The SMILES string of the molecule is Cc1nc(Nc2cccc(C)c2C)cc(C(=O)N2CCN(C)CC2)n1. The summed E-state index contributed by atoms with van der Waals surface area (Å²) < 4.78 is 0. The van der Waals surface area contributed by atoms with Crippen molar-refractivity contribution in [3.63, 3.8) is 0 Å². The second-order valence-corrected chi connectivity index (χ2v) is 6.65. The Morgan fingerprint density at radius 1 is 1.08 bits per heavy atom. The van der Waals surface area contributed by atoms with Crippen molar-refractivity contribution in [3.05, 3.63) is 46.9 Å². The molecule has 0 atom stereocenters. The van der Waals surface area contributed by atoms with Gasteiger partial charge in [-0.2, -0.15) is 0 Å². The van der Waals surface area contributed by atoms with Gasteiger partial charge < -0.3 is 15.1 Å². The maximum Gasteiger partial charge on any atom is 0.272 e. The summed E-state index contributed by atoms with van der Waals surface area (Å²) in [6.07, 6.45) is 0. The summed E-state index contributed by atoms with van der Waals surface area (Å²) in [5, 5.41) is 3.33. The van der Waals surface area contributed by atoms with Crippen LogP contribution in [0.15, 0.2) is 24.3 Å². The smallest absolute Gasteiger partial charge is 0.272 e. The van der Waals surface area contributed by atoms with Crippen molar-refractivity contribution in [2.45, 2.75) is 20.8 Å². The molecule has 25 heavy (non-hydrogen) atoms. The fraction of sp³-hybridized carbons (Fsp3) is 0.421. The lowest BCUT2D eigenvalue weighted by Crippen LogP contribution is -2.47. The van der Waals surface area contributed by atoms with Crippen LogP contribution >= 0.6 is 0 Å². The molecule has 132 valence electrons. The van der Waals surface area contributed by atoms with Gasteiger partial charge in [0.2, 0.25) is 0 Å². The number of nitrogens with zero attached hydrogens (tertiary/aromatic N) is 4. The maximum atomic E-state index is 12.8. The highest BCUT2D eigenvalue weighted by Gasteiger charge is 2.22. The number of benzene rings is 1. The van der Waals surface area contributed by atoms with Crippen LogP contribution in [-0.4, -0.2) is 58.9 Å². The van der Waals surface area contributed by atoms with Gasteiger partial charge in [0.25, 0.3) is 5.91 Å². The summed E-state index contributed by atoms with van der Waals surface area (Å²) in [4.78, 5) is 25.7.